The highest BCUT2D eigenvalue weighted by atomic mass is 16.3. The molecule has 0 aliphatic heterocycles. The minimum Gasteiger partial charge on any atom is -0.504 e. The van der Waals surface area contributed by atoms with Gasteiger partial charge in [-0.3, -0.25) is 4.79 Å². The standard InChI is InChI=1S/C19H16O2/c1-12-10-13(2)19(21)18(20)11-17(12)16-9-5-7-14-6-3-4-8-15(14)16/h3-11H,1-2H3,(H,20,21). The predicted octanol–water partition coefficient (Wildman–Crippen LogP) is 4.19. The molecule has 0 atom stereocenters. The Morgan fingerprint density at radius 2 is 1.52 bits per heavy atom. The summed E-state index contributed by atoms with van der Waals surface area (Å²) in [7, 11) is 0. The highest BCUT2D eigenvalue weighted by molar-refractivity contribution is 5.97. The van der Waals surface area contributed by atoms with Gasteiger partial charge in [0, 0.05) is 5.56 Å². The van der Waals surface area contributed by atoms with Crippen LogP contribution in [0.25, 0.3) is 21.9 Å². The van der Waals surface area contributed by atoms with E-state index in [1.54, 1.807) is 13.0 Å². The monoisotopic (exact) mass is 276 g/mol. The first-order chi connectivity index (χ1) is 10.1. The smallest absolute Gasteiger partial charge is 0.223 e. The topological polar surface area (TPSA) is 37.3 Å². The van der Waals surface area contributed by atoms with Crippen molar-refractivity contribution in [3.8, 4) is 16.9 Å². The van der Waals surface area contributed by atoms with Gasteiger partial charge in [-0.1, -0.05) is 48.5 Å². The summed E-state index contributed by atoms with van der Waals surface area (Å²) in [5, 5.41) is 12.2. The number of rotatable bonds is 1. The Kier molecular flexibility index (Phi) is 3.22. The summed E-state index contributed by atoms with van der Waals surface area (Å²) in [5.41, 5.74) is 3.12. The van der Waals surface area contributed by atoms with Gasteiger partial charge in [-0.05, 0) is 47.4 Å². The van der Waals surface area contributed by atoms with Gasteiger partial charge < -0.3 is 5.11 Å². The Morgan fingerprint density at radius 1 is 0.810 bits per heavy atom. The Balaban J connectivity index is 2.42. The van der Waals surface area contributed by atoms with E-state index in [9.17, 15) is 9.90 Å². The Labute approximate surface area is 123 Å². The number of aromatic hydroxyl groups is 1. The zero-order valence-electron chi connectivity index (χ0n) is 12.1. The lowest BCUT2D eigenvalue weighted by atomic mass is 9.96. The number of aryl methyl sites for hydroxylation is 2. The molecule has 0 amide bonds. The Bertz CT molecular complexity index is 890. The van der Waals surface area contributed by atoms with Crippen molar-refractivity contribution in [1.82, 2.24) is 0 Å². The van der Waals surface area contributed by atoms with Gasteiger partial charge in [0.2, 0.25) is 5.43 Å². The van der Waals surface area contributed by atoms with Gasteiger partial charge in [0.05, 0.1) is 0 Å². The lowest BCUT2D eigenvalue weighted by Gasteiger charge is -2.08. The SMILES string of the molecule is Cc1cc(C)c(=O)c(O)cc1-c1cccc2ccccc12. The molecule has 0 heterocycles. The second-order valence-electron chi connectivity index (χ2n) is 5.31. The van der Waals surface area contributed by atoms with E-state index in [2.05, 4.69) is 18.2 Å². The van der Waals surface area contributed by atoms with Crippen LogP contribution in [-0.4, -0.2) is 5.11 Å². The largest absolute Gasteiger partial charge is 0.504 e. The molecule has 0 saturated heterocycles. The van der Waals surface area contributed by atoms with E-state index in [-0.39, 0.29) is 11.2 Å². The van der Waals surface area contributed by atoms with Crippen LogP contribution in [0.2, 0.25) is 0 Å². The number of benzene rings is 2. The summed E-state index contributed by atoms with van der Waals surface area (Å²) in [4.78, 5) is 11.9. The minimum absolute atomic E-state index is 0.205. The van der Waals surface area contributed by atoms with Crippen molar-refractivity contribution >= 4 is 10.8 Å². The molecule has 0 radical (unpaired) electrons. The molecule has 0 aromatic heterocycles. The van der Waals surface area contributed by atoms with E-state index in [4.69, 9.17) is 0 Å². The van der Waals surface area contributed by atoms with E-state index >= 15 is 0 Å². The van der Waals surface area contributed by atoms with Crippen molar-refractivity contribution in [2.45, 2.75) is 13.8 Å². The van der Waals surface area contributed by atoms with Gasteiger partial charge in [0.25, 0.3) is 0 Å². The molecule has 21 heavy (non-hydrogen) atoms. The van der Waals surface area contributed by atoms with Crippen LogP contribution in [-0.2, 0) is 0 Å². The van der Waals surface area contributed by atoms with Gasteiger partial charge in [0.15, 0.2) is 5.75 Å². The summed E-state index contributed by atoms with van der Waals surface area (Å²) in [6.45, 7) is 3.69. The Morgan fingerprint density at radius 3 is 2.33 bits per heavy atom. The summed E-state index contributed by atoms with van der Waals surface area (Å²) in [6, 6.07) is 17.6. The van der Waals surface area contributed by atoms with Crippen molar-refractivity contribution in [2.75, 3.05) is 0 Å². The van der Waals surface area contributed by atoms with Crippen LogP contribution in [0.15, 0.2) is 59.4 Å². The molecule has 104 valence electrons. The minimum atomic E-state index is -0.315. The van der Waals surface area contributed by atoms with E-state index in [0.29, 0.717) is 5.56 Å². The van der Waals surface area contributed by atoms with Crippen LogP contribution >= 0.6 is 0 Å². The van der Waals surface area contributed by atoms with Gasteiger partial charge in [-0.2, -0.15) is 0 Å². The first-order valence-electron chi connectivity index (χ1n) is 6.90. The van der Waals surface area contributed by atoms with Crippen LogP contribution in [0.1, 0.15) is 11.1 Å². The summed E-state index contributed by atoms with van der Waals surface area (Å²) >= 11 is 0. The maximum Gasteiger partial charge on any atom is 0.223 e. The zero-order valence-corrected chi connectivity index (χ0v) is 12.1. The Hall–Kier alpha value is -2.61. The fraction of sp³-hybridized carbons (Fsp3) is 0.105. The second kappa shape index (κ2) is 5.06. The fourth-order valence-electron chi connectivity index (χ4n) is 2.74. The third kappa shape index (κ3) is 2.29. The van der Waals surface area contributed by atoms with Crippen molar-refractivity contribution in [3.05, 3.63) is 75.9 Å². The van der Waals surface area contributed by atoms with Crippen LogP contribution < -0.4 is 5.43 Å². The first-order valence-corrected chi connectivity index (χ1v) is 6.90. The predicted molar refractivity (Wildman–Crippen MR) is 86.8 cm³/mol. The lowest BCUT2D eigenvalue weighted by Crippen LogP contribution is -1.99. The van der Waals surface area contributed by atoms with E-state index < -0.39 is 0 Å². The molecule has 2 nitrogen and oxygen atoms in total. The number of fused-ring (bicyclic) bond motifs is 1. The van der Waals surface area contributed by atoms with Crippen molar-refractivity contribution in [3.63, 3.8) is 0 Å². The van der Waals surface area contributed by atoms with E-state index in [1.807, 2.05) is 37.3 Å². The third-order valence-electron chi connectivity index (χ3n) is 3.81. The van der Waals surface area contributed by atoms with Crippen LogP contribution in [0.3, 0.4) is 0 Å². The number of hydrogen-bond acceptors (Lipinski definition) is 2. The summed E-state index contributed by atoms with van der Waals surface area (Å²) in [6.07, 6.45) is 0. The maximum atomic E-state index is 11.9. The lowest BCUT2D eigenvalue weighted by molar-refractivity contribution is 0.470. The molecule has 0 bridgehead atoms. The molecule has 0 spiro atoms. The molecule has 3 aromatic rings. The highest BCUT2D eigenvalue weighted by Gasteiger charge is 2.09. The average Bonchev–Trinajstić information content (AvgIpc) is 2.59. The molecule has 1 N–H and O–H groups in total. The van der Waals surface area contributed by atoms with Crippen LogP contribution in [0.5, 0.6) is 5.75 Å². The molecular weight excluding hydrogens is 260 g/mol. The second-order valence-corrected chi connectivity index (χ2v) is 5.31. The fourth-order valence-corrected chi connectivity index (χ4v) is 2.74. The quantitative estimate of drug-likeness (QED) is 0.723. The van der Waals surface area contributed by atoms with Crippen LogP contribution in [0.4, 0.5) is 0 Å². The summed E-state index contributed by atoms with van der Waals surface area (Å²) in [5.74, 6) is -0.205. The average molecular weight is 276 g/mol. The van der Waals surface area contributed by atoms with Crippen molar-refractivity contribution in [1.29, 1.82) is 0 Å². The van der Waals surface area contributed by atoms with Gasteiger partial charge in [0.1, 0.15) is 0 Å². The molecular formula is C19H16O2. The number of hydrogen-bond donors (Lipinski definition) is 1. The molecule has 0 fully saturated rings. The molecule has 0 aliphatic carbocycles. The van der Waals surface area contributed by atoms with Gasteiger partial charge in [-0.25, -0.2) is 0 Å². The molecule has 2 heteroatoms. The molecule has 0 saturated carbocycles. The van der Waals surface area contributed by atoms with Gasteiger partial charge >= 0.3 is 0 Å². The third-order valence-corrected chi connectivity index (χ3v) is 3.81. The normalized spacial score (nSPS) is 10.8. The zero-order chi connectivity index (χ0) is 15.0. The molecule has 3 aromatic carbocycles. The highest BCUT2D eigenvalue weighted by Crippen LogP contribution is 2.31. The molecule has 3 rings (SSSR count). The molecule has 0 aliphatic rings. The maximum absolute atomic E-state index is 11.9. The molecule has 0 unspecified atom stereocenters. The summed E-state index contributed by atoms with van der Waals surface area (Å²) < 4.78 is 0. The van der Waals surface area contributed by atoms with E-state index in [1.165, 1.54) is 0 Å². The van der Waals surface area contributed by atoms with Crippen molar-refractivity contribution in [2.24, 2.45) is 0 Å². The van der Waals surface area contributed by atoms with Crippen LogP contribution in [0, 0.1) is 13.8 Å². The van der Waals surface area contributed by atoms with Gasteiger partial charge in [-0.15, -0.1) is 0 Å². The van der Waals surface area contributed by atoms with Crippen molar-refractivity contribution < 1.29 is 5.11 Å². The first kappa shape index (κ1) is 13.4. The van der Waals surface area contributed by atoms with E-state index in [0.717, 1.165) is 27.5 Å².